The number of anilines is 1. The van der Waals surface area contributed by atoms with Gasteiger partial charge >= 0.3 is 0 Å². The first-order chi connectivity index (χ1) is 9.99. The Hall–Kier alpha value is -2.40. The van der Waals surface area contributed by atoms with Gasteiger partial charge in [-0.05, 0) is 32.0 Å². The molecule has 1 aliphatic rings. The van der Waals surface area contributed by atoms with Crippen LogP contribution in [0.5, 0.6) is 0 Å². The summed E-state index contributed by atoms with van der Waals surface area (Å²) in [6, 6.07) is 8.99. The zero-order chi connectivity index (χ0) is 15.1. The molecule has 2 amide bonds. The average Bonchev–Trinajstić information content (AvgIpc) is 2.66. The lowest BCUT2D eigenvalue weighted by Gasteiger charge is -2.16. The van der Waals surface area contributed by atoms with Crippen LogP contribution in [0.4, 0.5) is 5.82 Å². The summed E-state index contributed by atoms with van der Waals surface area (Å²) in [6.07, 6.45) is 0. The predicted octanol–water partition coefficient (Wildman–Crippen LogP) is 2.92. The third kappa shape index (κ3) is 2.15. The average molecular weight is 302 g/mol. The monoisotopic (exact) mass is 301 g/mol. The van der Waals surface area contributed by atoms with Crippen molar-refractivity contribution in [2.75, 3.05) is 5.43 Å². The minimum absolute atomic E-state index is 0.362. The van der Waals surface area contributed by atoms with E-state index in [0.29, 0.717) is 27.5 Å². The highest BCUT2D eigenvalue weighted by atomic mass is 35.5. The maximum absolute atomic E-state index is 12.0. The maximum atomic E-state index is 12.0. The van der Waals surface area contributed by atoms with E-state index in [1.165, 1.54) is 0 Å². The summed E-state index contributed by atoms with van der Waals surface area (Å²) in [5.41, 5.74) is 4.23. The van der Waals surface area contributed by atoms with Gasteiger partial charge in [-0.1, -0.05) is 23.7 Å². The van der Waals surface area contributed by atoms with Crippen LogP contribution in [0.3, 0.4) is 0 Å². The van der Waals surface area contributed by atoms with E-state index in [0.717, 1.165) is 10.4 Å². The third-order valence-corrected chi connectivity index (χ3v) is 3.81. The van der Waals surface area contributed by atoms with Gasteiger partial charge in [-0.25, -0.2) is 4.98 Å². The van der Waals surface area contributed by atoms with Crippen LogP contribution in [0.1, 0.15) is 13.8 Å². The second kappa shape index (κ2) is 4.86. The summed E-state index contributed by atoms with van der Waals surface area (Å²) < 4.78 is 0. The number of hydrogen-bond donors (Lipinski definition) is 1. The second-order valence-corrected chi connectivity index (χ2v) is 5.22. The van der Waals surface area contributed by atoms with E-state index in [1.807, 2.05) is 18.2 Å². The molecule has 2 aromatic rings. The summed E-state index contributed by atoms with van der Waals surface area (Å²) in [6.45, 7) is 3.25. The van der Waals surface area contributed by atoms with Crippen molar-refractivity contribution in [1.82, 2.24) is 9.99 Å². The van der Waals surface area contributed by atoms with Gasteiger partial charge < -0.3 is 0 Å². The van der Waals surface area contributed by atoms with Crippen molar-refractivity contribution >= 4 is 40.1 Å². The largest absolute Gasteiger partial charge is 0.275 e. The Morgan fingerprint density at radius 3 is 2.38 bits per heavy atom. The number of halogens is 1. The van der Waals surface area contributed by atoms with Crippen LogP contribution in [-0.2, 0) is 9.59 Å². The number of rotatable bonds is 2. The Morgan fingerprint density at radius 1 is 1.05 bits per heavy atom. The topological polar surface area (TPSA) is 62.3 Å². The summed E-state index contributed by atoms with van der Waals surface area (Å²) in [5, 5.41) is 2.37. The quantitative estimate of drug-likeness (QED) is 0.866. The number of fused-ring (bicyclic) bond motifs is 1. The number of pyridine rings is 1. The van der Waals surface area contributed by atoms with Crippen LogP contribution >= 0.6 is 11.6 Å². The number of imide groups is 1. The van der Waals surface area contributed by atoms with Crippen molar-refractivity contribution in [3.63, 3.8) is 0 Å². The Kier molecular flexibility index (Phi) is 3.14. The fourth-order valence-corrected chi connectivity index (χ4v) is 2.36. The molecule has 0 spiro atoms. The van der Waals surface area contributed by atoms with Gasteiger partial charge in [-0.15, -0.1) is 0 Å². The highest BCUT2D eigenvalue weighted by Crippen LogP contribution is 2.25. The Balaban J connectivity index is 1.95. The molecule has 0 unspecified atom stereocenters. The molecule has 21 heavy (non-hydrogen) atoms. The van der Waals surface area contributed by atoms with Gasteiger partial charge in [0.1, 0.15) is 5.82 Å². The van der Waals surface area contributed by atoms with Crippen molar-refractivity contribution in [3.8, 4) is 0 Å². The molecular formula is C15H12ClN3O2. The molecule has 6 heteroatoms. The number of carbonyl (C=O) groups is 2. The Bertz CT molecular complexity index is 790. The first-order valence-corrected chi connectivity index (χ1v) is 6.75. The van der Waals surface area contributed by atoms with Gasteiger partial charge in [-0.2, -0.15) is 5.01 Å². The SMILES string of the molecule is CC1=C(C)C(=O)N(Nc2ccc3cccc(Cl)c3n2)C1=O. The molecule has 0 aliphatic carbocycles. The number of aromatic nitrogens is 1. The fourth-order valence-electron chi connectivity index (χ4n) is 2.14. The van der Waals surface area contributed by atoms with Crippen molar-refractivity contribution in [3.05, 3.63) is 46.5 Å². The number of amides is 2. The zero-order valence-electron chi connectivity index (χ0n) is 11.5. The number of hydrogen-bond acceptors (Lipinski definition) is 4. The molecule has 1 aromatic heterocycles. The van der Waals surface area contributed by atoms with Crippen molar-refractivity contribution < 1.29 is 9.59 Å². The van der Waals surface area contributed by atoms with E-state index in [1.54, 1.807) is 26.0 Å². The van der Waals surface area contributed by atoms with Gasteiger partial charge in [0, 0.05) is 16.5 Å². The number of para-hydroxylation sites is 1. The molecule has 0 saturated carbocycles. The molecule has 1 aliphatic heterocycles. The lowest BCUT2D eigenvalue weighted by molar-refractivity contribution is -0.135. The minimum atomic E-state index is -0.362. The van der Waals surface area contributed by atoms with Crippen LogP contribution in [0.25, 0.3) is 10.9 Å². The van der Waals surface area contributed by atoms with E-state index in [9.17, 15) is 9.59 Å². The van der Waals surface area contributed by atoms with Crippen molar-refractivity contribution in [1.29, 1.82) is 0 Å². The van der Waals surface area contributed by atoms with Crippen LogP contribution in [0.15, 0.2) is 41.5 Å². The molecule has 0 atom stereocenters. The van der Waals surface area contributed by atoms with Crippen LogP contribution in [-0.4, -0.2) is 21.8 Å². The number of nitrogens with one attached hydrogen (secondary N) is 1. The molecule has 0 radical (unpaired) electrons. The number of benzene rings is 1. The molecule has 3 rings (SSSR count). The Labute approximate surface area is 126 Å². The predicted molar refractivity (Wildman–Crippen MR) is 80.6 cm³/mol. The van der Waals surface area contributed by atoms with E-state index in [4.69, 9.17) is 11.6 Å². The van der Waals surface area contributed by atoms with E-state index < -0.39 is 0 Å². The van der Waals surface area contributed by atoms with Gasteiger partial charge in [0.05, 0.1) is 10.5 Å². The highest BCUT2D eigenvalue weighted by Gasteiger charge is 2.33. The lowest BCUT2D eigenvalue weighted by Crippen LogP contribution is -2.37. The number of nitrogens with zero attached hydrogens (tertiary/aromatic N) is 2. The van der Waals surface area contributed by atoms with Crippen molar-refractivity contribution in [2.45, 2.75) is 13.8 Å². The molecule has 0 bridgehead atoms. The Morgan fingerprint density at radius 2 is 1.71 bits per heavy atom. The van der Waals surface area contributed by atoms with Crippen LogP contribution < -0.4 is 5.43 Å². The number of carbonyl (C=O) groups excluding carboxylic acids is 2. The summed E-state index contributed by atoms with van der Waals surface area (Å²) >= 11 is 6.10. The van der Waals surface area contributed by atoms with Gasteiger partial charge in [0.15, 0.2) is 0 Å². The fraction of sp³-hybridized carbons (Fsp3) is 0.133. The molecule has 1 N–H and O–H groups in total. The molecule has 106 valence electrons. The highest BCUT2D eigenvalue weighted by molar-refractivity contribution is 6.35. The summed E-state index contributed by atoms with van der Waals surface area (Å²) in [7, 11) is 0. The standard InChI is InChI=1S/C15H12ClN3O2/c1-8-9(2)15(21)19(14(8)20)18-12-7-6-10-4-3-5-11(16)13(10)17-12/h3-7H,1-2H3,(H,17,18). The zero-order valence-corrected chi connectivity index (χ0v) is 12.2. The molecule has 0 saturated heterocycles. The molecule has 2 heterocycles. The molecule has 1 aromatic carbocycles. The van der Waals surface area contributed by atoms with E-state index in [2.05, 4.69) is 10.4 Å². The second-order valence-electron chi connectivity index (χ2n) is 4.82. The van der Waals surface area contributed by atoms with E-state index in [-0.39, 0.29) is 11.8 Å². The summed E-state index contributed by atoms with van der Waals surface area (Å²) in [4.78, 5) is 28.3. The van der Waals surface area contributed by atoms with E-state index >= 15 is 0 Å². The molecule has 0 fully saturated rings. The number of hydrazine groups is 1. The van der Waals surface area contributed by atoms with Gasteiger partial charge in [0.25, 0.3) is 11.8 Å². The molecule has 5 nitrogen and oxygen atoms in total. The first-order valence-electron chi connectivity index (χ1n) is 6.37. The first kappa shape index (κ1) is 13.6. The van der Waals surface area contributed by atoms with Crippen LogP contribution in [0, 0.1) is 0 Å². The third-order valence-electron chi connectivity index (χ3n) is 3.51. The van der Waals surface area contributed by atoms with Gasteiger partial charge in [0.2, 0.25) is 0 Å². The normalized spacial score (nSPS) is 15.3. The minimum Gasteiger partial charge on any atom is -0.271 e. The maximum Gasteiger partial charge on any atom is 0.275 e. The molecular weight excluding hydrogens is 290 g/mol. The van der Waals surface area contributed by atoms with Crippen LogP contribution in [0.2, 0.25) is 5.02 Å². The smallest absolute Gasteiger partial charge is 0.271 e. The van der Waals surface area contributed by atoms with Crippen molar-refractivity contribution in [2.24, 2.45) is 0 Å². The summed E-state index contributed by atoms with van der Waals surface area (Å²) in [5.74, 6) is -0.336. The lowest BCUT2D eigenvalue weighted by atomic mass is 10.2. The van der Waals surface area contributed by atoms with Gasteiger partial charge in [-0.3, -0.25) is 15.0 Å².